The van der Waals surface area contributed by atoms with Gasteiger partial charge in [0.2, 0.25) is 0 Å². The zero-order valence-corrected chi connectivity index (χ0v) is 15.5. The van der Waals surface area contributed by atoms with Crippen LogP contribution in [0.25, 0.3) is 0 Å². The number of methoxy groups -OCH3 is 2. The first-order valence-corrected chi connectivity index (χ1v) is 8.59. The molecular weight excluding hydrogens is 316 g/mol. The van der Waals surface area contributed by atoms with Crippen LogP contribution < -0.4 is 14.4 Å². The van der Waals surface area contributed by atoms with Crippen LogP contribution in [0, 0.1) is 13.8 Å². The van der Waals surface area contributed by atoms with Gasteiger partial charge in [-0.05, 0) is 31.5 Å². The fourth-order valence-corrected chi connectivity index (χ4v) is 3.23. The van der Waals surface area contributed by atoms with Crippen molar-refractivity contribution in [3.8, 4) is 11.5 Å². The Labute approximate surface area is 149 Å². The maximum atomic E-state index is 5.40. The van der Waals surface area contributed by atoms with Crippen LogP contribution >= 0.6 is 0 Å². The number of hydrogen-bond donors (Lipinski definition) is 0. The van der Waals surface area contributed by atoms with Crippen LogP contribution in [0.4, 0.5) is 5.82 Å². The first kappa shape index (κ1) is 17.5. The molecule has 1 fully saturated rings. The van der Waals surface area contributed by atoms with Crippen molar-refractivity contribution in [3.05, 3.63) is 41.3 Å². The third-order valence-electron chi connectivity index (χ3n) is 4.50. The van der Waals surface area contributed by atoms with E-state index >= 15 is 0 Å². The van der Waals surface area contributed by atoms with Crippen LogP contribution in [0.5, 0.6) is 11.5 Å². The molecule has 0 bridgehead atoms. The van der Waals surface area contributed by atoms with Gasteiger partial charge in [-0.3, -0.25) is 4.90 Å². The highest BCUT2D eigenvalue weighted by Gasteiger charge is 2.19. The van der Waals surface area contributed by atoms with Crippen LogP contribution in [-0.2, 0) is 6.54 Å². The van der Waals surface area contributed by atoms with Crippen molar-refractivity contribution in [2.75, 3.05) is 45.3 Å². The van der Waals surface area contributed by atoms with Gasteiger partial charge in [-0.2, -0.15) is 0 Å². The molecule has 0 spiro atoms. The van der Waals surface area contributed by atoms with Crippen LogP contribution in [-0.4, -0.2) is 55.3 Å². The van der Waals surface area contributed by atoms with Crippen molar-refractivity contribution in [3.63, 3.8) is 0 Å². The Morgan fingerprint density at radius 2 is 1.64 bits per heavy atom. The summed E-state index contributed by atoms with van der Waals surface area (Å²) in [5, 5.41) is 0. The zero-order valence-electron chi connectivity index (χ0n) is 15.5. The number of hydrogen-bond acceptors (Lipinski definition) is 6. The number of benzene rings is 1. The van der Waals surface area contributed by atoms with E-state index in [9.17, 15) is 0 Å². The molecule has 0 radical (unpaired) electrons. The van der Waals surface area contributed by atoms with Gasteiger partial charge in [-0.25, -0.2) is 9.97 Å². The highest BCUT2D eigenvalue weighted by atomic mass is 16.5. The molecule has 2 heterocycles. The molecule has 25 heavy (non-hydrogen) atoms. The molecule has 2 aromatic rings. The predicted octanol–water partition coefficient (Wildman–Crippen LogP) is 2.43. The van der Waals surface area contributed by atoms with E-state index in [1.807, 2.05) is 19.9 Å². The van der Waals surface area contributed by atoms with E-state index in [4.69, 9.17) is 9.47 Å². The second-order valence-electron chi connectivity index (χ2n) is 6.37. The van der Waals surface area contributed by atoms with E-state index in [1.54, 1.807) is 14.2 Å². The van der Waals surface area contributed by atoms with Gasteiger partial charge in [0.15, 0.2) is 11.5 Å². The fourth-order valence-electron chi connectivity index (χ4n) is 3.23. The van der Waals surface area contributed by atoms with Crippen LogP contribution in [0.15, 0.2) is 24.3 Å². The molecule has 1 aliphatic heterocycles. The lowest BCUT2D eigenvalue weighted by molar-refractivity contribution is 0.248. The monoisotopic (exact) mass is 342 g/mol. The summed E-state index contributed by atoms with van der Waals surface area (Å²) in [4.78, 5) is 13.7. The van der Waals surface area contributed by atoms with Crippen molar-refractivity contribution in [2.45, 2.75) is 20.4 Å². The van der Waals surface area contributed by atoms with Gasteiger partial charge in [0.1, 0.15) is 11.6 Å². The average Bonchev–Trinajstić information content (AvgIpc) is 2.61. The van der Waals surface area contributed by atoms with Gasteiger partial charge < -0.3 is 14.4 Å². The normalized spacial score (nSPS) is 15.3. The standard InChI is InChI=1S/C19H26N4O2/c1-14-11-19(21-15(2)20-14)23-9-7-22(8-10-23)13-16-5-6-17(24-3)18(12-16)25-4/h5-6,11-12H,7-10,13H2,1-4H3. The molecule has 0 unspecified atom stereocenters. The second kappa shape index (κ2) is 7.70. The zero-order chi connectivity index (χ0) is 17.8. The average molecular weight is 342 g/mol. The quantitative estimate of drug-likeness (QED) is 0.832. The molecule has 0 atom stereocenters. The smallest absolute Gasteiger partial charge is 0.161 e. The lowest BCUT2D eigenvalue weighted by Crippen LogP contribution is -2.46. The van der Waals surface area contributed by atoms with E-state index < -0.39 is 0 Å². The minimum Gasteiger partial charge on any atom is -0.493 e. The Hall–Kier alpha value is -2.34. The summed E-state index contributed by atoms with van der Waals surface area (Å²) in [6, 6.07) is 8.20. The highest BCUT2D eigenvalue weighted by molar-refractivity contribution is 5.43. The Bertz CT molecular complexity index is 707. The van der Waals surface area contributed by atoms with E-state index in [0.717, 1.165) is 61.6 Å². The van der Waals surface area contributed by atoms with E-state index in [0.29, 0.717) is 0 Å². The van der Waals surface area contributed by atoms with Gasteiger partial charge in [0.05, 0.1) is 14.2 Å². The Kier molecular flexibility index (Phi) is 5.38. The molecule has 1 saturated heterocycles. The maximum absolute atomic E-state index is 5.40. The molecular formula is C19H26N4O2. The Morgan fingerprint density at radius 3 is 2.28 bits per heavy atom. The largest absolute Gasteiger partial charge is 0.493 e. The van der Waals surface area contributed by atoms with E-state index in [2.05, 4.69) is 38.0 Å². The third-order valence-corrected chi connectivity index (χ3v) is 4.50. The second-order valence-corrected chi connectivity index (χ2v) is 6.37. The van der Waals surface area contributed by atoms with Gasteiger partial charge >= 0.3 is 0 Å². The van der Waals surface area contributed by atoms with Crippen LogP contribution in [0.1, 0.15) is 17.1 Å². The summed E-state index contributed by atoms with van der Waals surface area (Å²) in [6.07, 6.45) is 0. The highest BCUT2D eigenvalue weighted by Crippen LogP contribution is 2.28. The molecule has 0 saturated carbocycles. The predicted molar refractivity (Wildman–Crippen MR) is 98.5 cm³/mol. The molecule has 1 aromatic carbocycles. The SMILES string of the molecule is COc1ccc(CN2CCN(c3cc(C)nc(C)n3)CC2)cc1OC. The van der Waals surface area contributed by atoms with Crippen molar-refractivity contribution in [1.82, 2.24) is 14.9 Å². The van der Waals surface area contributed by atoms with E-state index in [-0.39, 0.29) is 0 Å². The molecule has 3 rings (SSSR count). The number of aromatic nitrogens is 2. The van der Waals surface area contributed by atoms with Crippen LogP contribution in [0.3, 0.4) is 0 Å². The van der Waals surface area contributed by atoms with Gasteiger partial charge in [-0.15, -0.1) is 0 Å². The first-order chi connectivity index (χ1) is 12.1. The summed E-state index contributed by atoms with van der Waals surface area (Å²) in [7, 11) is 3.33. The lowest BCUT2D eigenvalue weighted by atomic mass is 10.1. The van der Waals surface area contributed by atoms with Crippen LogP contribution in [0.2, 0.25) is 0 Å². The molecule has 6 heteroatoms. The number of nitrogens with zero attached hydrogens (tertiary/aromatic N) is 4. The summed E-state index contributed by atoms with van der Waals surface area (Å²) >= 11 is 0. The lowest BCUT2D eigenvalue weighted by Gasteiger charge is -2.35. The summed E-state index contributed by atoms with van der Waals surface area (Å²) in [5.41, 5.74) is 2.26. The summed E-state index contributed by atoms with van der Waals surface area (Å²) < 4.78 is 10.7. The molecule has 0 N–H and O–H groups in total. The summed E-state index contributed by atoms with van der Waals surface area (Å²) in [5.74, 6) is 3.43. The minimum atomic E-state index is 0.769. The van der Waals surface area contributed by atoms with E-state index in [1.165, 1.54) is 5.56 Å². The maximum Gasteiger partial charge on any atom is 0.161 e. The van der Waals surface area contributed by atoms with Crippen molar-refractivity contribution >= 4 is 5.82 Å². The molecule has 134 valence electrons. The number of rotatable bonds is 5. The minimum absolute atomic E-state index is 0.769. The topological polar surface area (TPSA) is 50.7 Å². The first-order valence-electron chi connectivity index (χ1n) is 8.59. The molecule has 0 aliphatic carbocycles. The number of piperazine rings is 1. The van der Waals surface area contributed by atoms with Gasteiger partial charge in [0, 0.05) is 44.5 Å². The molecule has 0 amide bonds. The molecule has 6 nitrogen and oxygen atoms in total. The van der Waals surface area contributed by atoms with Gasteiger partial charge in [-0.1, -0.05) is 6.07 Å². The van der Waals surface area contributed by atoms with Crippen molar-refractivity contribution in [2.24, 2.45) is 0 Å². The Balaban J connectivity index is 1.61. The van der Waals surface area contributed by atoms with Crippen molar-refractivity contribution in [1.29, 1.82) is 0 Å². The molecule has 1 aromatic heterocycles. The fraction of sp³-hybridized carbons (Fsp3) is 0.474. The third kappa shape index (κ3) is 4.20. The Morgan fingerprint density at radius 1 is 0.920 bits per heavy atom. The number of anilines is 1. The number of ether oxygens (including phenoxy) is 2. The van der Waals surface area contributed by atoms with Crippen molar-refractivity contribution < 1.29 is 9.47 Å². The number of aryl methyl sites for hydroxylation is 2. The van der Waals surface area contributed by atoms with Gasteiger partial charge in [0.25, 0.3) is 0 Å². The molecule has 1 aliphatic rings. The summed E-state index contributed by atoms with van der Waals surface area (Å²) in [6.45, 7) is 8.85.